The van der Waals surface area contributed by atoms with Crippen LogP contribution in [0.5, 0.6) is 5.75 Å². The summed E-state index contributed by atoms with van der Waals surface area (Å²) in [5.41, 5.74) is 0.736. The Hall–Kier alpha value is -2.83. The van der Waals surface area contributed by atoms with Gasteiger partial charge in [-0.1, -0.05) is 25.1 Å². The summed E-state index contributed by atoms with van der Waals surface area (Å²) in [7, 11) is 3.42. The number of benzene rings is 1. The average molecular weight is 342 g/mol. The Bertz CT molecular complexity index is 786. The molecule has 1 saturated heterocycles. The molecule has 0 radical (unpaired) electrons. The highest BCUT2D eigenvalue weighted by molar-refractivity contribution is 6.02. The quantitative estimate of drug-likeness (QED) is 0.755. The van der Waals surface area contributed by atoms with Crippen LogP contribution in [0.25, 0.3) is 0 Å². The third-order valence-electron chi connectivity index (χ3n) is 4.36. The molecule has 132 valence electrons. The molecule has 0 spiro atoms. The van der Waals surface area contributed by atoms with Crippen molar-refractivity contribution in [1.82, 2.24) is 19.4 Å². The highest BCUT2D eigenvalue weighted by Crippen LogP contribution is 2.36. The highest BCUT2D eigenvalue weighted by atomic mass is 16.5. The third-order valence-corrected chi connectivity index (χ3v) is 4.36. The minimum absolute atomic E-state index is 0.0999. The van der Waals surface area contributed by atoms with Gasteiger partial charge in [0.1, 0.15) is 24.2 Å². The van der Waals surface area contributed by atoms with Crippen LogP contribution in [0.2, 0.25) is 0 Å². The van der Waals surface area contributed by atoms with E-state index in [4.69, 9.17) is 4.74 Å². The molecule has 0 bridgehead atoms. The van der Waals surface area contributed by atoms with E-state index in [1.807, 2.05) is 42.8 Å². The topological polar surface area (TPSA) is 67.7 Å². The number of imidazole rings is 1. The van der Waals surface area contributed by atoms with Gasteiger partial charge in [0.15, 0.2) is 0 Å². The number of methoxy groups -OCH3 is 1. The van der Waals surface area contributed by atoms with E-state index in [1.54, 1.807) is 24.4 Å². The molecule has 0 saturated carbocycles. The maximum Gasteiger partial charge on any atom is 0.328 e. The van der Waals surface area contributed by atoms with Crippen molar-refractivity contribution in [3.8, 4) is 5.75 Å². The standard InChI is InChI=1S/C18H22N4O3/c1-4-10-21-12-15(23)22(18(21)24)16(17-19-9-11-20(17)2)13-7-5-6-8-14(13)25-3/h5-9,11,16H,4,10,12H2,1-3H3/t16-/m0/s1. The normalized spacial score (nSPS) is 15.8. The minimum atomic E-state index is -0.627. The summed E-state index contributed by atoms with van der Waals surface area (Å²) in [6.45, 7) is 2.64. The molecule has 1 aliphatic heterocycles. The number of aromatic nitrogens is 2. The van der Waals surface area contributed by atoms with Gasteiger partial charge in [0.2, 0.25) is 0 Å². The Morgan fingerprint density at radius 1 is 1.28 bits per heavy atom. The third kappa shape index (κ3) is 2.97. The smallest absolute Gasteiger partial charge is 0.328 e. The lowest BCUT2D eigenvalue weighted by Crippen LogP contribution is -2.38. The molecule has 25 heavy (non-hydrogen) atoms. The SMILES string of the molecule is CCCN1CC(=O)N([C@@H](c2ccccc2OC)c2nccn2C)C1=O. The number of carbonyl (C=O) groups is 2. The number of hydrogen-bond donors (Lipinski definition) is 0. The zero-order chi connectivity index (χ0) is 18.0. The van der Waals surface area contributed by atoms with Crippen LogP contribution >= 0.6 is 0 Å². The first-order valence-corrected chi connectivity index (χ1v) is 8.29. The molecule has 3 amide bonds. The molecule has 1 atom stereocenters. The molecule has 7 nitrogen and oxygen atoms in total. The van der Waals surface area contributed by atoms with Gasteiger partial charge in [-0.3, -0.25) is 4.79 Å². The van der Waals surface area contributed by atoms with Crippen molar-refractivity contribution in [2.75, 3.05) is 20.2 Å². The van der Waals surface area contributed by atoms with Crippen molar-refractivity contribution >= 4 is 11.9 Å². The Morgan fingerprint density at radius 3 is 2.68 bits per heavy atom. The second-order valence-electron chi connectivity index (χ2n) is 6.01. The van der Waals surface area contributed by atoms with Gasteiger partial charge in [0.25, 0.3) is 5.91 Å². The van der Waals surface area contributed by atoms with Gasteiger partial charge in [0, 0.05) is 31.5 Å². The summed E-state index contributed by atoms with van der Waals surface area (Å²) in [6, 6.07) is 6.49. The Kier molecular flexibility index (Phi) is 4.74. The number of ether oxygens (including phenoxy) is 1. The number of amides is 3. The summed E-state index contributed by atoms with van der Waals surface area (Å²) < 4.78 is 7.29. The van der Waals surface area contributed by atoms with Crippen LogP contribution < -0.4 is 4.74 Å². The van der Waals surface area contributed by atoms with Crippen LogP contribution in [-0.4, -0.2) is 51.5 Å². The van der Waals surface area contributed by atoms with Crippen LogP contribution in [0.4, 0.5) is 4.79 Å². The van der Waals surface area contributed by atoms with E-state index in [9.17, 15) is 9.59 Å². The first-order valence-electron chi connectivity index (χ1n) is 8.29. The molecule has 1 aromatic heterocycles. The zero-order valence-corrected chi connectivity index (χ0v) is 14.7. The van der Waals surface area contributed by atoms with Crippen LogP contribution in [0.3, 0.4) is 0 Å². The Morgan fingerprint density at radius 2 is 2.04 bits per heavy atom. The van der Waals surface area contributed by atoms with Crippen LogP contribution in [0.1, 0.15) is 30.8 Å². The van der Waals surface area contributed by atoms with E-state index in [0.29, 0.717) is 18.1 Å². The predicted molar refractivity (Wildman–Crippen MR) is 92.2 cm³/mol. The molecule has 3 rings (SSSR count). The number of carbonyl (C=O) groups excluding carboxylic acids is 2. The predicted octanol–water partition coefficient (Wildman–Crippen LogP) is 2.19. The first-order chi connectivity index (χ1) is 12.1. The summed E-state index contributed by atoms with van der Waals surface area (Å²) in [6.07, 6.45) is 4.26. The fourth-order valence-corrected chi connectivity index (χ4v) is 3.19. The van der Waals surface area contributed by atoms with E-state index in [0.717, 1.165) is 12.0 Å². The highest BCUT2D eigenvalue weighted by Gasteiger charge is 2.43. The summed E-state index contributed by atoms with van der Waals surface area (Å²) in [5, 5.41) is 0. The Labute approximate surface area is 146 Å². The number of nitrogens with zero attached hydrogens (tertiary/aromatic N) is 4. The van der Waals surface area contributed by atoms with Gasteiger partial charge in [-0.05, 0) is 12.5 Å². The lowest BCUT2D eigenvalue weighted by molar-refractivity contribution is -0.126. The molecule has 2 aromatic rings. The van der Waals surface area contributed by atoms with E-state index >= 15 is 0 Å². The number of hydrogen-bond acceptors (Lipinski definition) is 4. The van der Waals surface area contributed by atoms with Gasteiger partial charge in [-0.2, -0.15) is 0 Å². The number of imide groups is 1. The summed E-state index contributed by atoms with van der Waals surface area (Å²) >= 11 is 0. The number of para-hydroxylation sites is 1. The van der Waals surface area contributed by atoms with Crippen molar-refractivity contribution in [2.24, 2.45) is 7.05 Å². The van der Waals surface area contributed by atoms with E-state index < -0.39 is 6.04 Å². The van der Waals surface area contributed by atoms with Crippen molar-refractivity contribution in [1.29, 1.82) is 0 Å². The van der Waals surface area contributed by atoms with Gasteiger partial charge in [-0.25, -0.2) is 14.7 Å². The number of aryl methyl sites for hydroxylation is 1. The van der Waals surface area contributed by atoms with Crippen molar-refractivity contribution in [3.05, 3.63) is 48.0 Å². The second kappa shape index (κ2) is 6.96. The van der Waals surface area contributed by atoms with Gasteiger partial charge in [0.05, 0.1) is 7.11 Å². The summed E-state index contributed by atoms with van der Waals surface area (Å²) in [5.74, 6) is 1.01. The lowest BCUT2D eigenvalue weighted by Gasteiger charge is -2.27. The van der Waals surface area contributed by atoms with Crippen molar-refractivity contribution in [3.63, 3.8) is 0 Å². The maximum absolute atomic E-state index is 12.9. The van der Waals surface area contributed by atoms with Gasteiger partial charge < -0.3 is 14.2 Å². The van der Waals surface area contributed by atoms with E-state index in [-0.39, 0.29) is 18.5 Å². The zero-order valence-electron chi connectivity index (χ0n) is 14.7. The molecule has 0 unspecified atom stereocenters. The maximum atomic E-state index is 12.9. The molecule has 1 aromatic carbocycles. The van der Waals surface area contributed by atoms with Crippen LogP contribution in [0, 0.1) is 0 Å². The van der Waals surface area contributed by atoms with Crippen LogP contribution in [0.15, 0.2) is 36.7 Å². The molecule has 0 aliphatic carbocycles. The first kappa shape index (κ1) is 17.0. The minimum Gasteiger partial charge on any atom is -0.496 e. The van der Waals surface area contributed by atoms with Gasteiger partial charge >= 0.3 is 6.03 Å². The molecule has 1 fully saturated rings. The second-order valence-corrected chi connectivity index (χ2v) is 6.01. The van der Waals surface area contributed by atoms with E-state index in [2.05, 4.69) is 4.98 Å². The monoisotopic (exact) mass is 342 g/mol. The number of rotatable bonds is 6. The largest absolute Gasteiger partial charge is 0.496 e. The van der Waals surface area contributed by atoms with Crippen LogP contribution in [-0.2, 0) is 11.8 Å². The van der Waals surface area contributed by atoms with Crippen molar-refractivity contribution in [2.45, 2.75) is 19.4 Å². The molecule has 7 heteroatoms. The fraction of sp³-hybridized carbons (Fsp3) is 0.389. The molecule has 0 N–H and O–H groups in total. The van der Waals surface area contributed by atoms with Crippen molar-refractivity contribution < 1.29 is 14.3 Å². The van der Waals surface area contributed by atoms with Gasteiger partial charge in [-0.15, -0.1) is 0 Å². The molecule has 2 heterocycles. The Balaban J connectivity index is 2.11. The molecular formula is C18H22N4O3. The lowest BCUT2D eigenvalue weighted by atomic mass is 10.0. The average Bonchev–Trinajstić information content (AvgIpc) is 3.14. The van der Waals surface area contributed by atoms with E-state index in [1.165, 1.54) is 4.90 Å². The summed E-state index contributed by atoms with van der Waals surface area (Å²) in [4.78, 5) is 32.8. The molecule has 1 aliphatic rings. The molecular weight excluding hydrogens is 320 g/mol. The number of urea groups is 1. The fourth-order valence-electron chi connectivity index (χ4n) is 3.19.